The summed E-state index contributed by atoms with van der Waals surface area (Å²) < 4.78 is 6.73. The molecule has 0 spiro atoms. The van der Waals surface area contributed by atoms with Crippen LogP contribution in [0.2, 0.25) is 0 Å². The Bertz CT molecular complexity index is 606. The lowest BCUT2D eigenvalue weighted by molar-refractivity contribution is 0.0926. The van der Waals surface area contributed by atoms with Crippen molar-refractivity contribution >= 4 is 34.4 Å². The standard InChI is InChI=1S/C16H19IN4O/c1-21(15-8-5-10-19-16(18)20-15)14(12-22-11-9-17)13-6-3-2-4-7-13/h2-8,14H,9,11-12H2,1H3,(H2,18,20)/t14-/m0/s1. The molecular weight excluding hydrogens is 391 g/mol. The minimum Gasteiger partial charge on any atom is -0.378 e. The first kappa shape index (κ1) is 16.7. The van der Waals surface area contributed by atoms with E-state index in [0.29, 0.717) is 6.61 Å². The number of hydrogen-bond acceptors (Lipinski definition) is 5. The molecule has 1 aliphatic rings. The van der Waals surface area contributed by atoms with Crippen molar-refractivity contribution in [3.05, 3.63) is 53.9 Å². The molecule has 1 aromatic carbocycles. The van der Waals surface area contributed by atoms with Crippen LogP contribution in [-0.2, 0) is 4.74 Å². The van der Waals surface area contributed by atoms with Crippen molar-refractivity contribution in [2.24, 2.45) is 15.7 Å². The maximum absolute atomic E-state index is 5.76. The monoisotopic (exact) mass is 410 g/mol. The van der Waals surface area contributed by atoms with E-state index in [9.17, 15) is 0 Å². The Kier molecular flexibility index (Phi) is 6.64. The quantitative estimate of drug-likeness (QED) is 0.427. The van der Waals surface area contributed by atoms with E-state index in [0.717, 1.165) is 16.9 Å². The Morgan fingerprint density at radius 2 is 2.14 bits per heavy atom. The van der Waals surface area contributed by atoms with Crippen molar-refractivity contribution in [2.75, 3.05) is 24.7 Å². The maximum atomic E-state index is 5.76. The van der Waals surface area contributed by atoms with Crippen LogP contribution in [0.15, 0.2) is 58.3 Å². The lowest BCUT2D eigenvalue weighted by Gasteiger charge is -2.30. The van der Waals surface area contributed by atoms with E-state index in [1.807, 2.05) is 31.3 Å². The van der Waals surface area contributed by atoms with Crippen molar-refractivity contribution in [3.63, 3.8) is 0 Å². The Morgan fingerprint density at radius 3 is 2.86 bits per heavy atom. The zero-order valence-corrected chi connectivity index (χ0v) is 14.6. The van der Waals surface area contributed by atoms with Crippen LogP contribution in [-0.4, -0.2) is 41.4 Å². The normalized spacial score (nSPS) is 15.0. The highest BCUT2D eigenvalue weighted by molar-refractivity contribution is 14.1. The second-order valence-corrected chi connectivity index (χ2v) is 5.78. The molecule has 0 fully saturated rings. The molecule has 0 saturated carbocycles. The van der Waals surface area contributed by atoms with E-state index < -0.39 is 0 Å². The number of nitrogens with zero attached hydrogens (tertiary/aromatic N) is 3. The van der Waals surface area contributed by atoms with Gasteiger partial charge in [0.1, 0.15) is 5.82 Å². The van der Waals surface area contributed by atoms with Gasteiger partial charge in [-0.15, -0.1) is 0 Å². The molecule has 0 aliphatic carbocycles. The molecular formula is C16H19IN4O. The van der Waals surface area contributed by atoms with Gasteiger partial charge in [-0.05, 0) is 17.5 Å². The summed E-state index contributed by atoms with van der Waals surface area (Å²) in [5.41, 5.74) is 6.89. The van der Waals surface area contributed by atoms with E-state index in [-0.39, 0.29) is 12.0 Å². The molecule has 0 unspecified atom stereocenters. The average Bonchev–Trinajstić information content (AvgIpc) is 2.76. The van der Waals surface area contributed by atoms with Crippen LogP contribution >= 0.6 is 22.6 Å². The average molecular weight is 410 g/mol. The fraction of sp³-hybridized carbons (Fsp3) is 0.312. The molecule has 22 heavy (non-hydrogen) atoms. The van der Waals surface area contributed by atoms with E-state index in [1.165, 1.54) is 5.56 Å². The van der Waals surface area contributed by atoms with Gasteiger partial charge in [-0.25, -0.2) is 0 Å². The van der Waals surface area contributed by atoms with Gasteiger partial charge in [0.15, 0.2) is 0 Å². The number of nitrogens with two attached hydrogens (primary N) is 1. The summed E-state index contributed by atoms with van der Waals surface area (Å²) >= 11 is 2.30. The number of guanidine groups is 1. The number of allylic oxidation sites excluding steroid dienone is 2. The summed E-state index contributed by atoms with van der Waals surface area (Å²) in [6, 6.07) is 10.3. The summed E-state index contributed by atoms with van der Waals surface area (Å²) in [6.07, 6.45) is 3.56. The smallest absolute Gasteiger partial charge is 0.230 e. The third-order valence-corrected chi connectivity index (χ3v) is 3.67. The van der Waals surface area contributed by atoms with Gasteiger partial charge in [-0.1, -0.05) is 52.9 Å². The summed E-state index contributed by atoms with van der Waals surface area (Å²) in [5, 5.41) is 0. The SMILES string of the molecule is CN(C1=CC=C=NC(N)=N1)[C@@H](COCCI)c1ccccc1. The minimum absolute atomic E-state index is 0.0541. The summed E-state index contributed by atoms with van der Waals surface area (Å²) in [6.45, 7) is 1.31. The lowest BCUT2D eigenvalue weighted by Crippen LogP contribution is -2.28. The molecule has 2 N–H and O–H groups in total. The number of benzene rings is 1. The molecule has 1 atom stereocenters. The van der Waals surface area contributed by atoms with Crippen LogP contribution < -0.4 is 5.73 Å². The first-order chi connectivity index (χ1) is 10.7. The number of aliphatic imine (C=N–C) groups is 2. The highest BCUT2D eigenvalue weighted by Gasteiger charge is 2.19. The van der Waals surface area contributed by atoms with Gasteiger partial charge in [0, 0.05) is 17.6 Å². The number of likely N-dealkylation sites (N-methyl/N-ethyl adjacent to an activating group) is 1. The van der Waals surface area contributed by atoms with Crippen molar-refractivity contribution in [1.29, 1.82) is 0 Å². The molecule has 0 amide bonds. The molecule has 6 heteroatoms. The largest absolute Gasteiger partial charge is 0.378 e. The molecule has 0 aromatic heterocycles. The van der Waals surface area contributed by atoms with Crippen molar-refractivity contribution in [2.45, 2.75) is 6.04 Å². The van der Waals surface area contributed by atoms with Crippen LogP contribution in [0.5, 0.6) is 0 Å². The van der Waals surface area contributed by atoms with E-state index >= 15 is 0 Å². The zero-order chi connectivity index (χ0) is 15.8. The van der Waals surface area contributed by atoms with Crippen LogP contribution in [0.4, 0.5) is 0 Å². The first-order valence-corrected chi connectivity index (χ1v) is 8.50. The minimum atomic E-state index is 0.0541. The highest BCUT2D eigenvalue weighted by atomic mass is 127. The van der Waals surface area contributed by atoms with Crippen molar-refractivity contribution in [3.8, 4) is 0 Å². The fourth-order valence-corrected chi connectivity index (χ4v) is 2.42. The summed E-state index contributed by atoms with van der Waals surface area (Å²) in [4.78, 5) is 10.2. The third kappa shape index (κ3) is 4.69. The summed E-state index contributed by atoms with van der Waals surface area (Å²) in [5.74, 6) is 3.66. The van der Waals surface area contributed by atoms with Crippen molar-refractivity contribution in [1.82, 2.24) is 4.90 Å². The van der Waals surface area contributed by atoms with Gasteiger partial charge in [0.25, 0.3) is 0 Å². The molecule has 0 saturated heterocycles. The van der Waals surface area contributed by atoms with Gasteiger partial charge < -0.3 is 15.4 Å². The van der Waals surface area contributed by atoms with Crippen molar-refractivity contribution < 1.29 is 4.74 Å². The van der Waals surface area contributed by atoms with Crippen LogP contribution in [0.1, 0.15) is 11.6 Å². The fourth-order valence-electron chi connectivity index (χ4n) is 2.11. The Balaban J connectivity index is 2.22. The molecule has 5 nitrogen and oxygen atoms in total. The topological polar surface area (TPSA) is 63.2 Å². The molecule has 0 radical (unpaired) electrons. The highest BCUT2D eigenvalue weighted by Crippen LogP contribution is 2.24. The van der Waals surface area contributed by atoms with Crippen LogP contribution in [0.3, 0.4) is 0 Å². The van der Waals surface area contributed by atoms with Gasteiger partial charge in [0.2, 0.25) is 5.96 Å². The lowest BCUT2D eigenvalue weighted by atomic mass is 10.1. The van der Waals surface area contributed by atoms with E-state index in [1.54, 1.807) is 6.08 Å². The molecule has 0 bridgehead atoms. The van der Waals surface area contributed by atoms with Gasteiger partial charge in [-0.2, -0.15) is 9.98 Å². The molecule has 1 heterocycles. The summed E-state index contributed by atoms with van der Waals surface area (Å²) in [7, 11) is 1.98. The second kappa shape index (κ2) is 8.73. The first-order valence-electron chi connectivity index (χ1n) is 6.98. The molecule has 1 aliphatic heterocycles. The van der Waals surface area contributed by atoms with Crippen LogP contribution in [0, 0.1) is 0 Å². The van der Waals surface area contributed by atoms with E-state index in [4.69, 9.17) is 10.5 Å². The number of hydrogen-bond donors (Lipinski definition) is 1. The molecule has 1 aromatic rings. The second-order valence-electron chi connectivity index (χ2n) is 4.70. The molecule has 116 valence electrons. The number of rotatable bonds is 7. The van der Waals surface area contributed by atoms with Gasteiger partial charge in [-0.3, -0.25) is 0 Å². The Hall–Kier alpha value is -1.63. The van der Waals surface area contributed by atoms with Crippen LogP contribution in [0.25, 0.3) is 0 Å². The van der Waals surface area contributed by atoms with Gasteiger partial charge >= 0.3 is 0 Å². The number of halogens is 1. The molecule has 2 rings (SSSR count). The maximum Gasteiger partial charge on any atom is 0.230 e. The predicted octanol–water partition coefficient (Wildman–Crippen LogP) is 2.51. The van der Waals surface area contributed by atoms with E-state index in [2.05, 4.69) is 55.5 Å². The number of ether oxygens (including phenoxy) is 1. The van der Waals surface area contributed by atoms with Gasteiger partial charge in [0.05, 0.1) is 19.3 Å². The Labute approximate surface area is 144 Å². The zero-order valence-electron chi connectivity index (χ0n) is 12.4. The predicted molar refractivity (Wildman–Crippen MR) is 98.4 cm³/mol. The number of alkyl halides is 1. The Morgan fingerprint density at radius 1 is 1.36 bits per heavy atom. The third-order valence-electron chi connectivity index (χ3n) is 3.23.